The topological polar surface area (TPSA) is 84.5 Å². The molecule has 1 unspecified atom stereocenters. The van der Waals surface area contributed by atoms with E-state index in [4.69, 9.17) is 16.3 Å². The van der Waals surface area contributed by atoms with Gasteiger partial charge in [-0.05, 0) is 44.2 Å². The molecule has 2 saturated heterocycles. The zero-order valence-electron chi connectivity index (χ0n) is 25.3. The number of nitrogens with one attached hydrogen (secondary N) is 3. The summed E-state index contributed by atoms with van der Waals surface area (Å²) in [5, 5.41) is 11.5. The quantitative estimate of drug-likeness (QED) is 0.329. The zero-order chi connectivity index (χ0) is 29.7. The van der Waals surface area contributed by atoms with E-state index in [0.717, 1.165) is 35.5 Å². The van der Waals surface area contributed by atoms with Gasteiger partial charge in [0.15, 0.2) is 6.29 Å². The van der Waals surface area contributed by atoms with E-state index in [9.17, 15) is 4.57 Å². The van der Waals surface area contributed by atoms with Crippen LogP contribution >= 0.6 is 18.7 Å². The summed E-state index contributed by atoms with van der Waals surface area (Å²) in [6.07, 6.45) is 4.75. The van der Waals surface area contributed by atoms with Crippen molar-refractivity contribution in [2.24, 2.45) is 4.99 Å². The van der Waals surface area contributed by atoms with Crippen molar-refractivity contribution in [3.63, 3.8) is 0 Å². The normalized spacial score (nSPS) is 20.9. The van der Waals surface area contributed by atoms with E-state index >= 15 is 0 Å². The van der Waals surface area contributed by atoms with Crippen molar-refractivity contribution in [3.8, 4) is 5.75 Å². The van der Waals surface area contributed by atoms with Crippen LogP contribution < -0.4 is 30.9 Å². The van der Waals surface area contributed by atoms with Crippen LogP contribution in [0.1, 0.15) is 26.7 Å². The molecule has 2 aromatic carbocycles. The van der Waals surface area contributed by atoms with Crippen LogP contribution in [-0.2, 0) is 4.57 Å². The van der Waals surface area contributed by atoms with Gasteiger partial charge in [0, 0.05) is 80.9 Å². The van der Waals surface area contributed by atoms with Crippen molar-refractivity contribution in [2.45, 2.75) is 39.0 Å². The number of piperazine rings is 1. The molecule has 0 spiro atoms. The Morgan fingerprint density at radius 1 is 1.02 bits per heavy atom. The smallest absolute Gasteiger partial charge is 0.195 e. The lowest BCUT2D eigenvalue weighted by atomic mass is 10.0. The predicted molar refractivity (Wildman–Crippen MR) is 178 cm³/mol. The fourth-order valence-electron chi connectivity index (χ4n) is 6.07. The minimum Gasteiger partial charge on any atom is -0.495 e. The number of hydrogen-bond donors (Lipinski definition) is 3. The van der Waals surface area contributed by atoms with Crippen LogP contribution in [0.4, 0.5) is 17.1 Å². The molecule has 3 N–H and O–H groups in total. The molecule has 228 valence electrons. The first-order valence-corrected chi connectivity index (χ1v) is 17.6. The second-order valence-corrected chi connectivity index (χ2v) is 15.2. The predicted octanol–water partition coefficient (Wildman–Crippen LogP) is 4.83. The number of para-hydroxylation sites is 1. The average Bonchev–Trinajstić information content (AvgIpc) is 3.03. The molecule has 0 aromatic heterocycles. The van der Waals surface area contributed by atoms with Gasteiger partial charge in [-0.15, -0.1) is 0 Å². The monoisotopic (exact) mass is 613 g/mol. The summed E-state index contributed by atoms with van der Waals surface area (Å²) in [4.78, 5) is 12.1. The lowest BCUT2D eigenvalue weighted by molar-refractivity contribution is 0.0982. The average molecular weight is 614 g/mol. The Hall–Kier alpha value is -2.71. The van der Waals surface area contributed by atoms with Gasteiger partial charge >= 0.3 is 0 Å². The molecule has 42 heavy (non-hydrogen) atoms. The molecule has 3 aliphatic heterocycles. The highest BCUT2D eigenvalue weighted by Gasteiger charge is 2.28. The maximum absolute atomic E-state index is 13.5. The van der Waals surface area contributed by atoms with E-state index in [2.05, 4.69) is 60.9 Å². The van der Waals surface area contributed by atoms with Gasteiger partial charge in [-0.2, -0.15) is 0 Å². The minimum absolute atomic E-state index is 0.452. The molecule has 0 radical (unpaired) electrons. The minimum atomic E-state index is -2.50. The number of rotatable bonds is 10. The summed E-state index contributed by atoms with van der Waals surface area (Å²) < 4.78 is 19.3. The lowest BCUT2D eigenvalue weighted by Gasteiger charge is -2.42. The molecule has 2 fully saturated rings. The fourth-order valence-corrected chi connectivity index (χ4v) is 8.28. The summed E-state index contributed by atoms with van der Waals surface area (Å²) in [6.45, 7) is 10.7. The molecular formula is C31H45ClN7O2P. The van der Waals surface area contributed by atoms with E-state index < -0.39 is 13.4 Å². The molecule has 5 rings (SSSR count). The van der Waals surface area contributed by atoms with Crippen LogP contribution in [0.25, 0.3) is 0 Å². The number of hydrogen-bond acceptors (Lipinski definition) is 9. The number of nitrogens with zero attached hydrogens (tertiary/aromatic N) is 4. The Labute approximate surface area is 255 Å². The van der Waals surface area contributed by atoms with Gasteiger partial charge in [-0.25, -0.2) is 4.99 Å². The summed E-state index contributed by atoms with van der Waals surface area (Å²) in [5.41, 5.74) is 2.80. The fraction of sp³-hybridized carbons (Fsp3) is 0.516. The lowest BCUT2D eigenvalue weighted by Crippen LogP contribution is -2.52. The number of halogens is 1. The number of methoxy groups -OCH3 is 1. The van der Waals surface area contributed by atoms with Crippen LogP contribution in [0.3, 0.4) is 0 Å². The third kappa shape index (κ3) is 6.91. The SMILES string of the molecule is CCP(=O)(CC)c1ccccc1NC1=C(Cl)C=NC(Nc2ccc(N3CCC(N4CCN(C)CC4)CC3)cc2OC)N1. The van der Waals surface area contributed by atoms with Gasteiger partial charge in [0.05, 0.1) is 23.5 Å². The number of benzene rings is 2. The van der Waals surface area contributed by atoms with E-state index in [1.807, 2.05) is 38.1 Å². The highest BCUT2D eigenvalue weighted by molar-refractivity contribution is 7.71. The second kappa shape index (κ2) is 13.7. The van der Waals surface area contributed by atoms with Crippen molar-refractivity contribution >= 4 is 47.3 Å². The van der Waals surface area contributed by atoms with Gasteiger partial charge in [0.1, 0.15) is 18.7 Å². The summed E-state index contributed by atoms with van der Waals surface area (Å²) >= 11 is 6.54. The Morgan fingerprint density at radius 2 is 1.74 bits per heavy atom. The number of ether oxygens (including phenoxy) is 1. The van der Waals surface area contributed by atoms with Crippen LogP contribution in [0.5, 0.6) is 5.75 Å². The van der Waals surface area contributed by atoms with Crippen LogP contribution in [0.2, 0.25) is 0 Å². The Morgan fingerprint density at radius 3 is 2.43 bits per heavy atom. The molecule has 1 atom stereocenters. The van der Waals surface area contributed by atoms with Gasteiger partial charge in [-0.1, -0.05) is 37.6 Å². The molecule has 0 aliphatic carbocycles. The van der Waals surface area contributed by atoms with Crippen molar-refractivity contribution in [3.05, 3.63) is 53.3 Å². The summed E-state index contributed by atoms with van der Waals surface area (Å²) in [6, 6.07) is 14.7. The highest BCUT2D eigenvalue weighted by atomic mass is 35.5. The molecule has 11 heteroatoms. The van der Waals surface area contributed by atoms with Crippen molar-refractivity contribution in [2.75, 3.05) is 81.3 Å². The number of likely N-dealkylation sites (N-methyl/N-ethyl adjacent to an activating group) is 1. The Bertz CT molecular complexity index is 1330. The Kier molecular flexibility index (Phi) is 10.0. The van der Waals surface area contributed by atoms with Gasteiger partial charge < -0.3 is 35.1 Å². The second-order valence-electron chi connectivity index (χ2n) is 11.3. The number of anilines is 3. The molecule has 2 aromatic rings. The third-order valence-corrected chi connectivity index (χ3v) is 12.4. The molecule has 3 aliphatic rings. The van der Waals surface area contributed by atoms with Crippen molar-refractivity contribution < 1.29 is 9.30 Å². The molecule has 0 bridgehead atoms. The van der Waals surface area contributed by atoms with Crippen molar-refractivity contribution in [1.82, 2.24) is 15.1 Å². The van der Waals surface area contributed by atoms with E-state index in [0.29, 0.717) is 29.2 Å². The first-order valence-electron chi connectivity index (χ1n) is 15.1. The maximum Gasteiger partial charge on any atom is 0.195 e. The van der Waals surface area contributed by atoms with Crippen molar-refractivity contribution in [1.29, 1.82) is 0 Å². The molecule has 0 saturated carbocycles. The largest absolute Gasteiger partial charge is 0.495 e. The number of aliphatic imine (C=N–C) groups is 1. The number of allylic oxidation sites excluding steroid dienone is 1. The van der Waals surface area contributed by atoms with E-state index in [1.165, 1.54) is 44.7 Å². The highest BCUT2D eigenvalue weighted by Crippen LogP contribution is 2.45. The van der Waals surface area contributed by atoms with Gasteiger partial charge in [-0.3, -0.25) is 4.90 Å². The number of piperidine rings is 1. The third-order valence-electron chi connectivity index (χ3n) is 8.84. The van der Waals surface area contributed by atoms with Crippen LogP contribution in [0, 0.1) is 0 Å². The Balaban J connectivity index is 1.22. The molecule has 3 heterocycles. The maximum atomic E-state index is 13.5. The zero-order valence-corrected chi connectivity index (χ0v) is 26.9. The van der Waals surface area contributed by atoms with Gasteiger partial charge in [0.25, 0.3) is 0 Å². The molecule has 9 nitrogen and oxygen atoms in total. The summed E-state index contributed by atoms with van der Waals surface area (Å²) in [5.74, 6) is 1.37. The molecule has 0 amide bonds. The summed E-state index contributed by atoms with van der Waals surface area (Å²) in [7, 11) is 1.41. The van der Waals surface area contributed by atoms with Crippen LogP contribution in [0.15, 0.2) is 58.3 Å². The van der Waals surface area contributed by atoms with Gasteiger partial charge in [0.2, 0.25) is 0 Å². The molecular weight excluding hydrogens is 569 g/mol. The standard InChI is InChI=1S/C31H45ClN7O2P/c1-5-42(40,6-2)29-10-8-7-9-27(29)34-30-25(32)22-33-31(36-30)35-26-12-11-24(21-28(26)41-4)38-15-13-23(14-16-38)39-19-17-37(3)18-20-39/h7-12,21-23,31,34-36H,5-6,13-20H2,1-4H3. The van der Waals surface area contributed by atoms with E-state index in [1.54, 1.807) is 13.3 Å². The van der Waals surface area contributed by atoms with Crippen LogP contribution in [-0.4, -0.2) is 94.1 Å². The first kappa shape index (κ1) is 30.7. The van der Waals surface area contributed by atoms with E-state index in [-0.39, 0.29) is 0 Å². The first-order chi connectivity index (χ1) is 20.3.